The predicted molar refractivity (Wildman–Crippen MR) is 64.9 cm³/mol. The molecule has 0 atom stereocenters. The Hall–Kier alpha value is -1.21. The first-order valence-electron chi connectivity index (χ1n) is 5.29. The number of nitriles is 1. The normalized spacial score (nSPS) is 11.1. The second-order valence-corrected chi connectivity index (χ2v) is 4.15. The van der Waals surface area contributed by atoms with Crippen molar-refractivity contribution in [2.45, 2.75) is 20.3 Å². The lowest BCUT2D eigenvalue weighted by Gasteiger charge is -2.05. The number of carbonyl (C=O) groups excluding carboxylic acids is 1. The number of halogens is 1. The Bertz CT molecular complexity index is 281. The first-order chi connectivity index (χ1) is 7.61. The fourth-order valence-corrected chi connectivity index (χ4v) is 1.04. The van der Waals surface area contributed by atoms with Crippen LogP contribution in [0.4, 0.5) is 0 Å². The Balaban J connectivity index is 4.06. The van der Waals surface area contributed by atoms with E-state index in [1.54, 1.807) is 0 Å². The van der Waals surface area contributed by atoms with Crippen molar-refractivity contribution < 1.29 is 4.79 Å². The SMILES string of the molecule is CC(C)CN/C=C(/C#N)C(=O)NCCCCl. The zero-order valence-corrected chi connectivity index (χ0v) is 10.5. The third-order valence-corrected chi connectivity index (χ3v) is 2.00. The van der Waals surface area contributed by atoms with E-state index in [1.807, 2.05) is 19.9 Å². The van der Waals surface area contributed by atoms with E-state index in [1.165, 1.54) is 6.20 Å². The predicted octanol–water partition coefficient (Wildman–Crippen LogP) is 1.38. The highest BCUT2D eigenvalue weighted by Crippen LogP contribution is 1.93. The molecule has 0 aliphatic carbocycles. The molecule has 0 bridgehead atoms. The van der Waals surface area contributed by atoms with Gasteiger partial charge in [-0.25, -0.2) is 0 Å². The van der Waals surface area contributed by atoms with Crippen LogP contribution in [0.5, 0.6) is 0 Å². The van der Waals surface area contributed by atoms with Crippen molar-refractivity contribution in [3.63, 3.8) is 0 Å². The zero-order valence-electron chi connectivity index (χ0n) is 9.72. The molecule has 0 aliphatic heterocycles. The molecule has 0 aromatic heterocycles. The summed E-state index contributed by atoms with van der Waals surface area (Å²) in [5, 5.41) is 14.3. The Labute approximate surface area is 102 Å². The quantitative estimate of drug-likeness (QED) is 0.307. The van der Waals surface area contributed by atoms with Crippen LogP contribution in [0.2, 0.25) is 0 Å². The van der Waals surface area contributed by atoms with Gasteiger partial charge in [-0.2, -0.15) is 5.26 Å². The van der Waals surface area contributed by atoms with Gasteiger partial charge in [-0.15, -0.1) is 11.6 Å². The minimum Gasteiger partial charge on any atom is -0.389 e. The highest BCUT2D eigenvalue weighted by molar-refractivity contribution is 6.17. The smallest absolute Gasteiger partial charge is 0.263 e. The molecular formula is C11H18ClN3O. The van der Waals surface area contributed by atoms with Crippen LogP contribution in [0.1, 0.15) is 20.3 Å². The average Bonchev–Trinajstić information content (AvgIpc) is 2.24. The highest BCUT2D eigenvalue weighted by atomic mass is 35.5. The third-order valence-electron chi connectivity index (χ3n) is 1.73. The summed E-state index contributed by atoms with van der Waals surface area (Å²) < 4.78 is 0. The van der Waals surface area contributed by atoms with E-state index in [9.17, 15) is 4.79 Å². The van der Waals surface area contributed by atoms with Crippen molar-refractivity contribution in [3.05, 3.63) is 11.8 Å². The van der Waals surface area contributed by atoms with Gasteiger partial charge in [0.15, 0.2) is 0 Å². The van der Waals surface area contributed by atoms with Crippen LogP contribution in [0, 0.1) is 17.2 Å². The molecule has 0 rings (SSSR count). The fraction of sp³-hybridized carbons (Fsp3) is 0.636. The molecule has 0 radical (unpaired) electrons. The summed E-state index contributed by atoms with van der Waals surface area (Å²) in [6, 6.07) is 1.86. The lowest BCUT2D eigenvalue weighted by Crippen LogP contribution is -2.27. The second kappa shape index (κ2) is 9.05. The molecule has 0 aromatic rings. The molecule has 0 saturated heterocycles. The molecule has 0 unspecified atom stereocenters. The molecule has 1 amide bonds. The van der Waals surface area contributed by atoms with Crippen molar-refractivity contribution in [1.82, 2.24) is 10.6 Å². The fourth-order valence-electron chi connectivity index (χ4n) is 0.909. The number of nitrogens with one attached hydrogen (secondary N) is 2. The van der Waals surface area contributed by atoms with Crippen LogP contribution in [-0.4, -0.2) is 24.9 Å². The number of amides is 1. The molecule has 4 nitrogen and oxygen atoms in total. The molecule has 90 valence electrons. The molecule has 16 heavy (non-hydrogen) atoms. The lowest BCUT2D eigenvalue weighted by atomic mass is 10.2. The maximum absolute atomic E-state index is 11.4. The number of hydrogen-bond acceptors (Lipinski definition) is 3. The van der Waals surface area contributed by atoms with Crippen molar-refractivity contribution >= 4 is 17.5 Å². The summed E-state index contributed by atoms with van der Waals surface area (Å²) >= 11 is 5.47. The van der Waals surface area contributed by atoms with E-state index in [2.05, 4.69) is 10.6 Å². The Morgan fingerprint density at radius 2 is 2.25 bits per heavy atom. The highest BCUT2D eigenvalue weighted by Gasteiger charge is 2.07. The van der Waals surface area contributed by atoms with E-state index in [-0.39, 0.29) is 11.5 Å². The maximum Gasteiger partial charge on any atom is 0.263 e. The van der Waals surface area contributed by atoms with Crippen molar-refractivity contribution in [3.8, 4) is 6.07 Å². The summed E-state index contributed by atoms with van der Waals surface area (Å²) in [5.41, 5.74) is 0.0928. The van der Waals surface area contributed by atoms with Gasteiger partial charge in [0.25, 0.3) is 5.91 Å². The number of alkyl halides is 1. The number of carbonyl (C=O) groups is 1. The second-order valence-electron chi connectivity index (χ2n) is 3.77. The minimum absolute atomic E-state index is 0.0928. The summed E-state index contributed by atoms with van der Waals surface area (Å²) in [5.74, 6) is 0.608. The van der Waals surface area contributed by atoms with Crippen LogP contribution in [-0.2, 0) is 4.79 Å². The largest absolute Gasteiger partial charge is 0.389 e. The van der Waals surface area contributed by atoms with E-state index in [0.29, 0.717) is 24.8 Å². The number of nitrogens with zero attached hydrogens (tertiary/aromatic N) is 1. The molecule has 0 spiro atoms. The summed E-state index contributed by atoms with van der Waals surface area (Å²) in [7, 11) is 0. The van der Waals surface area contributed by atoms with Crippen LogP contribution in [0.25, 0.3) is 0 Å². The van der Waals surface area contributed by atoms with Crippen molar-refractivity contribution in [2.24, 2.45) is 5.92 Å². The summed E-state index contributed by atoms with van der Waals surface area (Å²) in [6.07, 6.45) is 2.15. The van der Waals surface area contributed by atoms with Gasteiger partial charge >= 0.3 is 0 Å². The first kappa shape index (κ1) is 14.8. The molecule has 2 N–H and O–H groups in total. The van der Waals surface area contributed by atoms with Crippen LogP contribution >= 0.6 is 11.6 Å². The summed E-state index contributed by atoms with van der Waals surface area (Å²) in [4.78, 5) is 11.4. The molecule has 0 aliphatic rings. The van der Waals surface area contributed by atoms with Crippen LogP contribution < -0.4 is 10.6 Å². The average molecular weight is 244 g/mol. The number of rotatable bonds is 7. The molecule has 0 fully saturated rings. The minimum atomic E-state index is -0.358. The Kier molecular flexibility index (Phi) is 8.36. The van der Waals surface area contributed by atoms with Gasteiger partial charge < -0.3 is 10.6 Å². The van der Waals surface area contributed by atoms with Gasteiger partial charge in [0.05, 0.1) is 0 Å². The molecule has 0 saturated carbocycles. The van der Waals surface area contributed by atoms with Crippen molar-refractivity contribution in [2.75, 3.05) is 19.0 Å². The number of hydrogen-bond donors (Lipinski definition) is 2. The topological polar surface area (TPSA) is 64.9 Å². The van der Waals surface area contributed by atoms with Crippen molar-refractivity contribution in [1.29, 1.82) is 5.26 Å². The van der Waals surface area contributed by atoms with E-state index < -0.39 is 0 Å². The zero-order chi connectivity index (χ0) is 12.4. The Morgan fingerprint density at radius 3 is 2.75 bits per heavy atom. The molecule has 0 heterocycles. The van der Waals surface area contributed by atoms with Gasteiger partial charge in [0, 0.05) is 25.2 Å². The monoisotopic (exact) mass is 243 g/mol. The first-order valence-corrected chi connectivity index (χ1v) is 5.83. The van der Waals surface area contributed by atoms with E-state index >= 15 is 0 Å². The maximum atomic E-state index is 11.4. The van der Waals surface area contributed by atoms with Gasteiger partial charge in [0.1, 0.15) is 11.6 Å². The molecule has 0 aromatic carbocycles. The van der Waals surface area contributed by atoms with Gasteiger partial charge in [-0.3, -0.25) is 4.79 Å². The van der Waals surface area contributed by atoms with E-state index in [0.717, 1.165) is 6.54 Å². The van der Waals surface area contributed by atoms with Crippen LogP contribution in [0.15, 0.2) is 11.8 Å². The van der Waals surface area contributed by atoms with Gasteiger partial charge in [-0.1, -0.05) is 13.8 Å². The molecule has 5 heteroatoms. The lowest BCUT2D eigenvalue weighted by molar-refractivity contribution is -0.117. The van der Waals surface area contributed by atoms with Crippen LogP contribution in [0.3, 0.4) is 0 Å². The van der Waals surface area contributed by atoms with Gasteiger partial charge in [-0.05, 0) is 12.3 Å². The van der Waals surface area contributed by atoms with Gasteiger partial charge in [0.2, 0.25) is 0 Å². The summed E-state index contributed by atoms with van der Waals surface area (Å²) in [6.45, 7) is 5.33. The third kappa shape index (κ3) is 7.13. The van der Waals surface area contributed by atoms with E-state index in [4.69, 9.17) is 16.9 Å². The standard InChI is InChI=1S/C11H18ClN3O/c1-9(2)7-14-8-10(6-13)11(16)15-5-3-4-12/h8-9,14H,3-5,7H2,1-2H3,(H,15,16)/b10-8-. The molecular weight excluding hydrogens is 226 g/mol. The Morgan fingerprint density at radius 1 is 1.56 bits per heavy atom.